The number of rotatable bonds is 6. The Kier molecular flexibility index (Phi) is 6.85. The van der Waals surface area contributed by atoms with E-state index in [1.807, 2.05) is 12.1 Å². The maximum atomic E-state index is 6.03. The smallest absolute Gasteiger partial charge is 0.0400 e. The van der Waals surface area contributed by atoms with Crippen molar-refractivity contribution in [3.63, 3.8) is 0 Å². The fraction of sp³-hybridized carbons (Fsp3) is 0.176. The zero-order valence-electron chi connectivity index (χ0n) is 11.5. The third-order valence-electron chi connectivity index (χ3n) is 3.10. The summed E-state index contributed by atoms with van der Waals surface area (Å²) in [6.45, 7) is 4.55. The highest BCUT2D eigenvalue weighted by molar-refractivity contribution is 5.85. The van der Waals surface area contributed by atoms with Gasteiger partial charge in [0.05, 0.1) is 0 Å². The lowest BCUT2D eigenvalue weighted by Gasteiger charge is -2.11. The Bertz CT molecular complexity index is 508. The highest BCUT2D eigenvalue weighted by Gasteiger charge is 2.03. The van der Waals surface area contributed by atoms with Gasteiger partial charge in [0, 0.05) is 18.3 Å². The van der Waals surface area contributed by atoms with E-state index in [1.165, 1.54) is 5.56 Å². The van der Waals surface area contributed by atoms with Gasteiger partial charge in [-0.2, -0.15) is 0 Å². The van der Waals surface area contributed by atoms with Crippen LogP contribution in [-0.2, 0) is 6.54 Å². The van der Waals surface area contributed by atoms with Gasteiger partial charge in [-0.3, -0.25) is 0 Å². The first-order valence-corrected chi connectivity index (χ1v) is 6.54. The molecule has 0 aromatic heterocycles. The van der Waals surface area contributed by atoms with Crippen molar-refractivity contribution in [3.05, 3.63) is 78.4 Å². The summed E-state index contributed by atoms with van der Waals surface area (Å²) in [5, 5.41) is 3.40. The Hall–Kier alpha value is -1.77. The summed E-state index contributed by atoms with van der Waals surface area (Å²) in [6, 6.07) is 18.7. The highest BCUT2D eigenvalue weighted by Crippen LogP contribution is 2.17. The Labute approximate surface area is 127 Å². The number of hydrogen-bond donors (Lipinski definition) is 2. The van der Waals surface area contributed by atoms with E-state index in [4.69, 9.17) is 5.73 Å². The van der Waals surface area contributed by atoms with E-state index >= 15 is 0 Å². The van der Waals surface area contributed by atoms with Crippen LogP contribution in [0.1, 0.15) is 23.6 Å². The molecule has 2 aromatic carbocycles. The van der Waals surface area contributed by atoms with Gasteiger partial charge < -0.3 is 11.1 Å². The summed E-state index contributed by atoms with van der Waals surface area (Å²) in [4.78, 5) is 0. The molecule has 0 aliphatic rings. The molecule has 0 aliphatic heterocycles. The molecular formula is C17H21ClN2. The van der Waals surface area contributed by atoms with Crippen LogP contribution in [0.15, 0.2) is 67.3 Å². The summed E-state index contributed by atoms with van der Waals surface area (Å²) in [6.07, 6.45) is 2.66. The zero-order chi connectivity index (χ0) is 13.5. The van der Waals surface area contributed by atoms with E-state index in [2.05, 4.69) is 60.4 Å². The molecule has 3 N–H and O–H groups in total. The zero-order valence-corrected chi connectivity index (χ0v) is 12.3. The van der Waals surface area contributed by atoms with Gasteiger partial charge in [0.1, 0.15) is 0 Å². The molecule has 0 radical (unpaired) electrons. The second-order valence-electron chi connectivity index (χ2n) is 4.59. The van der Waals surface area contributed by atoms with Crippen molar-refractivity contribution in [1.82, 2.24) is 0 Å². The second-order valence-corrected chi connectivity index (χ2v) is 4.59. The Morgan fingerprint density at radius 3 is 2.30 bits per heavy atom. The van der Waals surface area contributed by atoms with Crippen molar-refractivity contribution in [2.45, 2.75) is 19.0 Å². The summed E-state index contributed by atoms with van der Waals surface area (Å²) >= 11 is 0. The standard InChI is InChI=1S/C17H20N2.ClH/c1-2-6-17(18)15-9-11-16(12-10-15)19-13-14-7-4-3-5-8-14;/h2-5,7-12,17,19H,1,6,13,18H2;1H/t17-;/m0./s1. The monoisotopic (exact) mass is 288 g/mol. The Morgan fingerprint density at radius 1 is 1.05 bits per heavy atom. The molecule has 3 heteroatoms. The minimum Gasteiger partial charge on any atom is -0.381 e. The number of halogens is 1. The predicted octanol–water partition coefficient (Wildman–Crippen LogP) is 4.30. The van der Waals surface area contributed by atoms with Crippen LogP contribution in [0.4, 0.5) is 5.69 Å². The van der Waals surface area contributed by atoms with Gasteiger partial charge in [0.15, 0.2) is 0 Å². The number of nitrogens with one attached hydrogen (secondary N) is 1. The van der Waals surface area contributed by atoms with Crippen molar-refractivity contribution in [2.75, 3.05) is 5.32 Å². The maximum absolute atomic E-state index is 6.03. The second kappa shape index (κ2) is 8.41. The van der Waals surface area contributed by atoms with Gasteiger partial charge >= 0.3 is 0 Å². The molecular weight excluding hydrogens is 268 g/mol. The lowest BCUT2D eigenvalue weighted by atomic mass is 10.0. The molecule has 0 aliphatic carbocycles. The minimum atomic E-state index is 0. The molecule has 0 amide bonds. The van der Waals surface area contributed by atoms with E-state index in [0.29, 0.717) is 0 Å². The van der Waals surface area contributed by atoms with Crippen molar-refractivity contribution < 1.29 is 0 Å². The SMILES string of the molecule is C=CC[C@H](N)c1ccc(NCc2ccccc2)cc1.Cl. The molecule has 2 aromatic rings. The molecule has 2 rings (SSSR count). The predicted molar refractivity (Wildman–Crippen MR) is 89.2 cm³/mol. The average molecular weight is 289 g/mol. The fourth-order valence-electron chi connectivity index (χ4n) is 1.96. The highest BCUT2D eigenvalue weighted by atomic mass is 35.5. The molecule has 20 heavy (non-hydrogen) atoms. The van der Waals surface area contributed by atoms with Gasteiger partial charge in [0.25, 0.3) is 0 Å². The molecule has 0 saturated heterocycles. The lowest BCUT2D eigenvalue weighted by molar-refractivity contribution is 0.742. The van der Waals surface area contributed by atoms with Crippen molar-refractivity contribution >= 4 is 18.1 Å². The molecule has 0 spiro atoms. The quantitative estimate of drug-likeness (QED) is 0.778. The van der Waals surface area contributed by atoms with Gasteiger partial charge in [-0.25, -0.2) is 0 Å². The largest absolute Gasteiger partial charge is 0.381 e. The molecule has 0 bridgehead atoms. The minimum absolute atomic E-state index is 0. The summed E-state index contributed by atoms with van der Waals surface area (Å²) in [5.74, 6) is 0. The van der Waals surface area contributed by atoms with E-state index in [-0.39, 0.29) is 18.4 Å². The number of hydrogen-bond acceptors (Lipinski definition) is 2. The van der Waals surface area contributed by atoms with E-state index in [0.717, 1.165) is 24.2 Å². The first kappa shape index (κ1) is 16.3. The van der Waals surface area contributed by atoms with Crippen LogP contribution in [0, 0.1) is 0 Å². The van der Waals surface area contributed by atoms with Crippen molar-refractivity contribution in [1.29, 1.82) is 0 Å². The molecule has 0 saturated carbocycles. The van der Waals surface area contributed by atoms with Crippen LogP contribution < -0.4 is 11.1 Å². The third-order valence-corrected chi connectivity index (χ3v) is 3.10. The van der Waals surface area contributed by atoms with Crippen LogP contribution in [-0.4, -0.2) is 0 Å². The number of nitrogens with two attached hydrogens (primary N) is 1. The third kappa shape index (κ3) is 4.72. The van der Waals surface area contributed by atoms with Crippen molar-refractivity contribution in [3.8, 4) is 0 Å². The molecule has 0 fully saturated rings. The van der Waals surface area contributed by atoms with Gasteiger partial charge in [-0.05, 0) is 29.7 Å². The number of anilines is 1. The first-order valence-electron chi connectivity index (χ1n) is 6.54. The topological polar surface area (TPSA) is 38.0 Å². The summed E-state index contributed by atoms with van der Waals surface area (Å²) in [5.41, 5.74) is 9.56. The maximum Gasteiger partial charge on any atom is 0.0400 e. The van der Waals surface area contributed by atoms with Crippen LogP contribution in [0.2, 0.25) is 0 Å². The normalized spacial score (nSPS) is 11.2. The molecule has 0 heterocycles. The number of benzene rings is 2. The summed E-state index contributed by atoms with van der Waals surface area (Å²) < 4.78 is 0. The molecule has 2 nitrogen and oxygen atoms in total. The molecule has 1 atom stereocenters. The molecule has 0 unspecified atom stereocenters. The van der Waals surface area contributed by atoms with Gasteiger partial charge in [-0.1, -0.05) is 48.5 Å². The summed E-state index contributed by atoms with van der Waals surface area (Å²) in [7, 11) is 0. The van der Waals surface area contributed by atoms with E-state index < -0.39 is 0 Å². The lowest BCUT2D eigenvalue weighted by Crippen LogP contribution is -2.09. The fourth-order valence-corrected chi connectivity index (χ4v) is 1.96. The van der Waals surface area contributed by atoms with Crippen LogP contribution in [0.25, 0.3) is 0 Å². The van der Waals surface area contributed by atoms with Crippen LogP contribution in [0.5, 0.6) is 0 Å². The first-order chi connectivity index (χ1) is 9.29. The van der Waals surface area contributed by atoms with Gasteiger partial charge in [0.2, 0.25) is 0 Å². The van der Waals surface area contributed by atoms with Crippen LogP contribution >= 0.6 is 12.4 Å². The van der Waals surface area contributed by atoms with Gasteiger partial charge in [-0.15, -0.1) is 19.0 Å². The Balaban J connectivity index is 0.00000200. The molecule has 106 valence electrons. The average Bonchev–Trinajstić information content (AvgIpc) is 2.47. The Morgan fingerprint density at radius 2 is 1.70 bits per heavy atom. The van der Waals surface area contributed by atoms with E-state index in [9.17, 15) is 0 Å². The van der Waals surface area contributed by atoms with Crippen molar-refractivity contribution in [2.24, 2.45) is 5.73 Å². The van der Waals surface area contributed by atoms with Crippen LogP contribution in [0.3, 0.4) is 0 Å². The van der Waals surface area contributed by atoms with E-state index in [1.54, 1.807) is 0 Å².